The van der Waals surface area contributed by atoms with Gasteiger partial charge in [0.15, 0.2) is 6.29 Å². The average molecular weight is 1060 g/mol. The molecule has 0 bridgehead atoms. The first-order valence-corrected chi connectivity index (χ1v) is 32.4. The first kappa shape index (κ1) is 71.2. The molecule has 1 rings (SSSR count). The van der Waals surface area contributed by atoms with E-state index in [0.717, 1.165) is 44.9 Å². The minimum Gasteiger partial charge on any atom is -0.394 e. The van der Waals surface area contributed by atoms with Gasteiger partial charge in [-0.15, -0.1) is 0 Å². The largest absolute Gasteiger partial charge is 0.394 e. The Morgan fingerprint density at radius 2 is 0.800 bits per heavy atom. The molecule has 1 aliphatic rings. The summed E-state index contributed by atoms with van der Waals surface area (Å²) in [5.74, 6) is -0.185. The summed E-state index contributed by atoms with van der Waals surface area (Å²) in [5, 5.41) is 54.4. The molecule has 0 aliphatic carbocycles. The number of unbranched alkanes of at least 4 members (excludes halogenated alkanes) is 40. The van der Waals surface area contributed by atoms with Gasteiger partial charge in [0, 0.05) is 6.42 Å². The van der Waals surface area contributed by atoms with Gasteiger partial charge in [-0.3, -0.25) is 4.79 Å². The number of hydrogen-bond donors (Lipinski definition) is 6. The summed E-state index contributed by atoms with van der Waals surface area (Å²) in [6, 6.07) is -0.821. The predicted molar refractivity (Wildman–Crippen MR) is 318 cm³/mol. The molecule has 9 nitrogen and oxygen atoms in total. The van der Waals surface area contributed by atoms with Crippen LogP contribution in [0.5, 0.6) is 0 Å². The number of amides is 1. The van der Waals surface area contributed by atoms with Crippen LogP contribution in [0.15, 0.2) is 48.6 Å². The van der Waals surface area contributed by atoms with E-state index in [1.165, 1.54) is 244 Å². The van der Waals surface area contributed by atoms with Gasteiger partial charge in [0.2, 0.25) is 5.91 Å². The number of hydrogen-bond acceptors (Lipinski definition) is 8. The van der Waals surface area contributed by atoms with Crippen LogP contribution < -0.4 is 5.32 Å². The smallest absolute Gasteiger partial charge is 0.220 e. The quantitative estimate of drug-likeness (QED) is 0.0261. The fraction of sp³-hybridized carbons (Fsp3) is 0.864. The van der Waals surface area contributed by atoms with E-state index < -0.39 is 49.5 Å². The standard InChI is InChI=1S/C66H123NO8/c1-3-5-7-9-11-13-15-17-18-19-20-21-22-23-24-25-26-27-28-29-30-31-32-33-34-35-36-37-38-39-40-41-42-44-46-48-50-52-54-56-62(70)67-59(58-74-66-65(73)64(72)63(71)61(57-68)75-66)60(69)55-53-51-49-47-45-43-16-14-12-10-8-6-4-2/h26-27,29-30,45,47,53,55,59-61,63-66,68-69,71-73H,3-25,28,31-44,46,48-52,54,56-58H2,1-2H3,(H,67,70)/b27-26-,30-29-,47-45+,55-53+. The van der Waals surface area contributed by atoms with E-state index in [1.54, 1.807) is 6.08 Å². The van der Waals surface area contributed by atoms with Crippen molar-refractivity contribution in [2.24, 2.45) is 0 Å². The van der Waals surface area contributed by atoms with E-state index in [0.29, 0.717) is 6.42 Å². The third-order valence-corrected chi connectivity index (χ3v) is 15.4. The van der Waals surface area contributed by atoms with Crippen LogP contribution in [0.2, 0.25) is 0 Å². The van der Waals surface area contributed by atoms with E-state index in [4.69, 9.17) is 9.47 Å². The highest BCUT2D eigenvalue weighted by molar-refractivity contribution is 5.76. The lowest BCUT2D eigenvalue weighted by Crippen LogP contribution is -2.60. The van der Waals surface area contributed by atoms with Gasteiger partial charge in [-0.25, -0.2) is 0 Å². The number of aliphatic hydroxyl groups excluding tert-OH is 5. The molecule has 440 valence electrons. The van der Waals surface area contributed by atoms with Gasteiger partial charge in [0.05, 0.1) is 25.4 Å². The summed E-state index contributed by atoms with van der Waals surface area (Å²) in [6.45, 7) is 3.77. The lowest BCUT2D eigenvalue weighted by Gasteiger charge is -2.40. The summed E-state index contributed by atoms with van der Waals surface area (Å²) >= 11 is 0. The van der Waals surface area contributed by atoms with Gasteiger partial charge in [-0.1, -0.05) is 287 Å². The van der Waals surface area contributed by atoms with Crippen molar-refractivity contribution in [2.75, 3.05) is 13.2 Å². The molecule has 75 heavy (non-hydrogen) atoms. The second kappa shape index (κ2) is 55.5. The summed E-state index contributed by atoms with van der Waals surface area (Å²) in [7, 11) is 0. The van der Waals surface area contributed by atoms with Crippen LogP contribution in [0, 0.1) is 0 Å². The van der Waals surface area contributed by atoms with Crippen LogP contribution >= 0.6 is 0 Å². The van der Waals surface area contributed by atoms with Crippen molar-refractivity contribution in [1.29, 1.82) is 0 Å². The van der Waals surface area contributed by atoms with Crippen molar-refractivity contribution in [3.63, 3.8) is 0 Å². The van der Waals surface area contributed by atoms with Crippen LogP contribution in [0.3, 0.4) is 0 Å². The molecule has 0 spiro atoms. The fourth-order valence-electron chi connectivity index (χ4n) is 10.3. The monoisotopic (exact) mass is 1060 g/mol. The highest BCUT2D eigenvalue weighted by Crippen LogP contribution is 2.23. The van der Waals surface area contributed by atoms with Gasteiger partial charge in [0.1, 0.15) is 24.4 Å². The number of carbonyl (C=O) groups excluding carboxylic acids is 1. The molecule has 9 heteroatoms. The van der Waals surface area contributed by atoms with E-state index in [2.05, 4.69) is 55.6 Å². The zero-order valence-electron chi connectivity index (χ0n) is 49.1. The maximum absolute atomic E-state index is 13.0. The number of aliphatic hydroxyl groups is 5. The molecule has 0 radical (unpaired) electrons. The summed E-state index contributed by atoms with van der Waals surface area (Å²) in [4.78, 5) is 13.0. The Hall–Kier alpha value is -1.85. The SMILES string of the molecule is CCCCCCCCC/C=C/CC/C=C/C(O)C(COC1OC(CO)C(O)C(O)C1O)NC(=O)CCCCCCCCCCCCCCCCCCC/C=C\C/C=C\CCCCCCCCCCCCCCCCC. The number of rotatable bonds is 56. The van der Waals surface area contributed by atoms with Crippen LogP contribution in [0.25, 0.3) is 0 Å². The number of nitrogens with one attached hydrogen (secondary N) is 1. The van der Waals surface area contributed by atoms with Gasteiger partial charge >= 0.3 is 0 Å². The van der Waals surface area contributed by atoms with Gasteiger partial charge in [-0.05, 0) is 64.2 Å². The van der Waals surface area contributed by atoms with E-state index in [9.17, 15) is 30.3 Å². The van der Waals surface area contributed by atoms with Crippen LogP contribution in [0.4, 0.5) is 0 Å². The molecule has 1 fully saturated rings. The Morgan fingerprint density at radius 1 is 0.453 bits per heavy atom. The summed E-state index contributed by atoms with van der Waals surface area (Å²) in [6.07, 6.45) is 68.0. The minimum absolute atomic E-state index is 0.185. The molecule has 0 aromatic rings. The van der Waals surface area contributed by atoms with Crippen molar-refractivity contribution in [2.45, 2.75) is 352 Å². The van der Waals surface area contributed by atoms with Gasteiger partial charge in [0.25, 0.3) is 0 Å². The van der Waals surface area contributed by atoms with Crippen molar-refractivity contribution in [3.8, 4) is 0 Å². The molecule has 1 heterocycles. The lowest BCUT2D eigenvalue weighted by atomic mass is 9.99. The van der Waals surface area contributed by atoms with Crippen LogP contribution in [-0.4, -0.2) is 87.5 Å². The normalized spacial score (nSPS) is 19.2. The number of carbonyl (C=O) groups is 1. The third-order valence-electron chi connectivity index (χ3n) is 15.4. The second-order valence-electron chi connectivity index (χ2n) is 22.5. The van der Waals surface area contributed by atoms with E-state index in [1.807, 2.05) is 6.08 Å². The first-order chi connectivity index (χ1) is 36.8. The molecule has 0 aromatic carbocycles. The summed E-state index contributed by atoms with van der Waals surface area (Å²) < 4.78 is 11.2. The maximum Gasteiger partial charge on any atom is 0.220 e. The Labute approximate surface area is 463 Å². The second-order valence-corrected chi connectivity index (χ2v) is 22.5. The Morgan fingerprint density at radius 3 is 1.20 bits per heavy atom. The highest BCUT2D eigenvalue weighted by atomic mass is 16.7. The molecule has 7 unspecified atom stereocenters. The Kier molecular flexibility index (Phi) is 52.6. The van der Waals surface area contributed by atoms with E-state index in [-0.39, 0.29) is 12.5 Å². The van der Waals surface area contributed by atoms with E-state index >= 15 is 0 Å². The highest BCUT2D eigenvalue weighted by Gasteiger charge is 2.44. The van der Waals surface area contributed by atoms with Gasteiger partial charge < -0.3 is 40.3 Å². The Balaban J connectivity index is 2.05. The molecule has 0 aromatic heterocycles. The van der Waals surface area contributed by atoms with Crippen LogP contribution in [0.1, 0.15) is 309 Å². The molecular formula is C66H123NO8. The van der Waals surface area contributed by atoms with Crippen molar-refractivity contribution < 1.29 is 39.8 Å². The van der Waals surface area contributed by atoms with Crippen LogP contribution in [-0.2, 0) is 14.3 Å². The minimum atomic E-state index is -1.57. The zero-order chi connectivity index (χ0) is 54.3. The number of allylic oxidation sites excluding steroid dienone is 7. The van der Waals surface area contributed by atoms with Crippen molar-refractivity contribution in [1.82, 2.24) is 5.32 Å². The van der Waals surface area contributed by atoms with Gasteiger partial charge in [-0.2, -0.15) is 0 Å². The van der Waals surface area contributed by atoms with Crippen molar-refractivity contribution >= 4 is 5.91 Å². The average Bonchev–Trinajstić information content (AvgIpc) is 3.41. The zero-order valence-corrected chi connectivity index (χ0v) is 49.1. The number of ether oxygens (including phenoxy) is 2. The molecule has 0 saturated carbocycles. The topological polar surface area (TPSA) is 149 Å². The molecule has 1 saturated heterocycles. The molecule has 7 atom stereocenters. The molecular weight excluding hydrogens is 935 g/mol. The maximum atomic E-state index is 13.0. The fourth-order valence-corrected chi connectivity index (χ4v) is 10.3. The lowest BCUT2D eigenvalue weighted by molar-refractivity contribution is -0.302. The van der Waals surface area contributed by atoms with Crippen molar-refractivity contribution in [3.05, 3.63) is 48.6 Å². The Bertz CT molecular complexity index is 1320. The summed E-state index contributed by atoms with van der Waals surface area (Å²) in [5.41, 5.74) is 0. The first-order valence-electron chi connectivity index (χ1n) is 32.4. The predicted octanol–water partition coefficient (Wildman–Crippen LogP) is 16.9. The molecule has 6 N–H and O–H groups in total. The molecule has 1 aliphatic heterocycles. The third kappa shape index (κ3) is 44.7. The molecule has 1 amide bonds.